The number of benzene rings is 2. The summed E-state index contributed by atoms with van der Waals surface area (Å²) in [6, 6.07) is 19.0. The van der Waals surface area contributed by atoms with Crippen molar-refractivity contribution in [3.8, 4) is 22.6 Å². The van der Waals surface area contributed by atoms with Gasteiger partial charge in [-0.1, -0.05) is 59.3 Å². The van der Waals surface area contributed by atoms with Crippen molar-refractivity contribution in [3.63, 3.8) is 0 Å². The molecule has 0 aliphatic carbocycles. The van der Waals surface area contributed by atoms with Gasteiger partial charge in [-0.3, -0.25) is 4.79 Å². The molecule has 0 spiro atoms. The Morgan fingerprint density at radius 1 is 0.963 bits per heavy atom. The third-order valence-electron chi connectivity index (χ3n) is 4.35. The molecule has 134 valence electrons. The van der Waals surface area contributed by atoms with Crippen molar-refractivity contribution in [2.45, 2.75) is 20.4 Å². The SMILES string of the molecule is Cc1ccc(-c2ccc(=O)n(Cc3nc(-c4ccccc4C)no3)n2)cc1. The minimum Gasteiger partial charge on any atom is -0.337 e. The van der Waals surface area contributed by atoms with Gasteiger partial charge in [0.25, 0.3) is 5.56 Å². The third kappa shape index (κ3) is 3.55. The van der Waals surface area contributed by atoms with Crippen molar-refractivity contribution in [3.05, 3.63) is 88.0 Å². The lowest BCUT2D eigenvalue weighted by Gasteiger charge is -2.05. The van der Waals surface area contributed by atoms with E-state index in [0.717, 1.165) is 16.7 Å². The van der Waals surface area contributed by atoms with E-state index in [4.69, 9.17) is 4.52 Å². The molecule has 0 unspecified atom stereocenters. The molecule has 0 amide bonds. The quantitative estimate of drug-likeness (QED) is 0.557. The molecule has 0 radical (unpaired) electrons. The standard InChI is InChI=1S/C21H18N4O2/c1-14-7-9-16(10-8-14)18-11-12-20(26)25(23-18)13-19-22-21(24-27-19)17-6-4-3-5-15(17)2/h3-12H,13H2,1-2H3. The molecule has 0 aliphatic heterocycles. The van der Waals surface area contributed by atoms with Crippen LogP contribution in [0.5, 0.6) is 0 Å². The average molecular weight is 358 g/mol. The molecule has 0 fully saturated rings. The number of hydrogen-bond donors (Lipinski definition) is 0. The van der Waals surface area contributed by atoms with Crippen LogP contribution >= 0.6 is 0 Å². The van der Waals surface area contributed by atoms with Crippen LogP contribution in [0.1, 0.15) is 17.0 Å². The number of rotatable bonds is 4. The molecule has 2 heterocycles. The van der Waals surface area contributed by atoms with Crippen LogP contribution in [0.15, 0.2) is 70.0 Å². The number of nitrogens with zero attached hydrogens (tertiary/aromatic N) is 4. The largest absolute Gasteiger partial charge is 0.337 e. The van der Waals surface area contributed by atoms with Gasteiger partial charge < -0.3 is 4.52 Å². The lowest BCUT2D eigenvalue weighted by Crippen LogP contribution is -2.23. The highest BCUT2D eigenvalue weighted by atomic mass is 16.5. The van der Waals surface area contributed by atoms with Gasteiger partial charge in [0.2, 0.25) is 11.7 Å². The maximum Gasteiger partial charge on any atom is 0.267 e. The van der Waals surface area contributed by atoms with E-state index in [2.05, 4.69) is 15.2 Å². The molecule has 4 rings (SSSR count). The Hall–Kier alpha value is -3.54. The summed E-state index contributed by atoms with van der Waals surface area (Å²) in [6.45, 7) is 4.14. The van der Waals surface area contributed by atoms with E-state index in [1.165, 1.54) is 16.3 Å². The van der Waals surface area contributed by atoms with E-state index in [9.17, 15) is 4.79 Å². The number of hydrogen-bond acceptors (Lipinski definition) is 5. The summed E-state index contributed by atoms with van der Waals surface area (Å²) < 4.78 is 6.67. The van der Waals surface area contributed by atoms with Gasteiger partial charge in [0, 0.05) is 17.2 Å². The highest BCUT2D eigenvalue weighted by Crippen LogP contribution is 2.20. The summed E-state index contributed by atoms with van der Waals surface area (Å²) in [7, 11) is 0. The molecule has 0 N–H and O–H groups in total. The molecule has 0 bridgehead atoms. The van der Waals surface area contributed by atoms with E-state index in [1.807, 2.05) is 62.4 Å². The topological polar surface area (TPSA) is 73.8 Å². The Bertz CT molecular complexity index is 1140. The summed E-state index contributed by atoms with van der Waals surface area (Å²) in [6.07, 6.45) is 0. The van der Waals surface area contributed by atoms with Gasteiger partial charge in [-0.05, 0) is 25.5 Å². The lowest BCUT2D eigenvalue weighted by atomic mass is 10.1. The lowest BCUT2D eigenvalue weighted by molar-refractivity contribution is 0.363. The molecule has 27 heavy (non-hydrogen) atoms. The van der Waals surface area contributed by atoms with Crippen molar-refractivity contribution in [1.29, 1.82) is 0 Å². The predicted molar refractivity (Wildman–Crippen MR) is 102 cm³/mol. The van der Waals surface area contributed by atoms with E-state index < -0.39 is 0 Å². The number of aryl methyl sites for hydroxylation is 2. The van der Waals surface area contributed by atoms with Gasteiger partial charge in [-0.2, -0.15) is 10.1 Å². The first-order valence-electron chi connectivity index (χ1n) is 8.64. The summed E-state index contributed by atoms with van der Waals surface area (Å²) in [5, 5.41) is 8.48. The maximum absolute atomic E-state index is 12.2. The van der Waals surface area contributed by atoms with Crippen LogP contribution in [0, 0.1) is 13.8 Å². The van der Waals surface area contributed by atoms with Gasteiger partial charge in [-0.15, -0.1) is 0 Å². The fourth-order valence-corrected chi connectivity index (χ4v) is 2.82. The van der Waals surface area contributed by atoms with Crippen molar-refractivity contribution in [2.75, 3.05) is 0 Å². The Labute approximate surface area is 156 Å². The molecular formula is C21H18N4O2. The molecule has 4 aromatic rings. The van der Waals surface area contributed by atoms with Crippen molar-refractivity contribution in [2.24, 2.45) is 0 Å². The minimum absolute atomic E-state index is 0.122. The maximum atomic E-state index is 12.2. The highest BCUT2D eigenvalue weighted by Gasteiger charge is 2.12. The highest BCUT2D eigenvalue weighted by molar-refractivity contribution is 5.59. The first kappa shape index (κ1) is 16.9. The second kappa shape index (κ2) is 6.99. The van der Waals surface area contributed by atoms with Crippen LogP contribution < -0.4 is 5.56 Å². The second-order valence-corrected chi connectivity index (χ2v) is 6.41. The van der Waals surface area contributed by atoms with Gasteiger partial charge >= 0.3 is 0 Å². The molecule has 0 atom stereocenters. The molecule has 6 nitrogen and oxygen atoms in total. The molecule has 2 aromatic carbocycles. The van der Waals surface area contributed by atoms with Crippen LogP contribution in [-0.2, 0) is 6.54 Å². The third-order valence-corrected chi connectivity index (χ3v) is 4.35. The van der Waals surface area contributed by atoms with Crippen LogP contribution in [-0.4, -0.2) is 19.9 Å². The van der Waals surface area contributed by atoms with E-state index in [-0.39, 0.29) is 12.1 Å². The molecule has 0 saturated heterocycles. The van der Waals surface area contributed by atoms with Crippen LogP contribution in [0.2, 0.25) is 0 Å². The zero-order valence-corrected chi connectivity index (χ0v) is 15.1. The summed E-state index contributed by atoms with van der Waals surface area (Å²) in [4.78, 5) is 16.6. The Morgan fingerprint density at radius 2 is 1.74 bits per heavy atom. The van der Waals surface area contributed by atoms with Crippen molar-refractivity contribution in [1.82, 2.24) is 19.9 Å². The minimum atomic E-state index is -0.221. The van der Waals surface area contributed by atoms with Gasteiger partial charge in [-0.25, -0.2) is 4.68 Å². The van der Waals surface area contributed by atoms with Gasteiger partial charge in [0.15, 0.2) is 0 Å². The zero-order chi connectivity index (χ0) is 18.8. The van der Waals surface area contributed by atoms with Crippen molar-refractivity contribution >= 4 is 0 Å². The normalized spacial score (nSPS) is 10.9. The van der Waals surface area contributed by atoms with Crippen LogP contribution in [0.4, 0.5) is 0 Å². The van der Waals surface area contributed by atoms with E-state index >= 15 is 0 Å². The monoisotopic (exact) mass is 358 g/mol. The first-order chi connectivity index (χ1) is 13.1. The second-order valence-electron chi connectivity index (χ2n) is 6.41. The molecule has 2 aromatic heterocycles. The van der Waals surface area contributed by atoms with Gasteiger partial charge in [0.1, 0.15) is 6.54 Å². The smallest absolute Gasteiger partial charge is 0.267 e. The molecular weight excluding hydrogens is 340 g/mol. The van der Waals surface area contributed by atoms with Crippen LogP contribution in [0.25, 0.3) is 22.6 Å². The van der Waals surface area contributed by atoms with Crippen molar-refractivity contribution < 1.29 is 4.52 Å². The molecule has 0 saturated carbocycles. The summed E-state index contributed by atoms with van der Waals surface area (Å²) in [5.74, 6) is 0.842. The average Bonchev–Trinajstić information content (AvgIpc) is 3.13. The zero-order valence-electron chi connectivity index (χ0n) is 15.1. The number of aromatic nitrogens is 4. The molecule has 6 heteroatoms. The van der Waals surface area contributed by atoms with Gasteiger partial charge in [0.05, 0.1) is 5.69 Å². The fraction of sp³-hybridized carbons (Fsp3) is 0.143. The predicted octanol–water partition coefficient (Wildman–Crippen LogP) is 3.63. The summed E-state index contributed by atoms with van der Waals surface area (Å²) >= 11 is 0. The Balaban J connectivity index is 1.63. The first-order valence-corrected chi connectivity index (χ1v) is 8.64. The Morgan fingerprint density at radius 3 is 2.52 bits per heavy atom. The van der Waals surface area contributed by atoms with E-state index in [0.29, 0.717) is 17.4 Å². The Kier molecular flexibility index (Phi) is 4.38. The fourth-order valence-electron chi connectivity index (χ4n) is 2.82. The summed E-state index contributed by atoms with van der Waals surface area (Å²) in [5.41, 5.74) is 4.57. The molecule has 0 aliphatic rings. The van der Waals surface area contributed by atoms with E-state index in [1.54, 1.807) is 6.07 Å². The van der Waals surface area contributed by atoms with Crippen LogP contribution in [0.3, 0.4) is 0 Å².